The van der Waals surface area contributed by atoms with Gasteiger partial charge in [-0.15, -0.1) is 11.8 Å². The maximum atomic E-state index is 6.42. The molecule has 0 N–H and O–H groups in total. The summed E-state index contributed by atoms with van der Waals surface area (Å²) in [5, 5.41) is 0. The zero-order valence-corrected chi connectivity index (χ0v) is 22.0. The summed E-state index contributed by atoms with van der Waals surface area (Å²) in [7, 11) is 0. The first kappa shape index (κ1) is 23.6. The molecule has 1 unspecified atom stereocenters. The fraction of sp³-hybridized carbons (Fsp3) is 0.414. The molecule has 3 aromatic rings. The van der Waals surface area contributed by atoms with E-state index in [1.54, 1.807) is 0 Å². The van der Waals surface area contributed by atoms with Gasteiger partial charge in [0, 0.05) is 22.9 Å². The summed E-state index contributed by atoms with van der Waals surface area (Å²) in [5.41, 5.74) is 9.28. The summed E-state index contributed by atoms with van der Waals surface area (Å²) in [4.78, 5) is 5.92. The summed E-state index contributed by atoms with van der Waals surface area (Å²) in [5.74, 6) is 5.21. The lowest BCUT2D eigenvalue weighted by Crippen LogP contribution is -2.05. The number of fused-ring (bicyclic) bond motifs is 2. The molecule has 34 heavy (non-hydrogen) atoms. The number of benzene rings is 2. The first-order valence-electron chi connectivity index (χ1n) is 12.4. The van der Waals surface area contributed by atoms with E-state index >= 15 is 0 Å². The van der Waals surface area contributed by atoms with E-state index in [1.165, 1.54) is 49.6 Å². The van der Waals surface area contributed by atoms with Crippen molar-refractivity contribution < 1.29 is 9.47 Å². The van der Waals surface area contributed by atoms with Crippen LogP contribution in [0.25, 0.3) is 11.1 Å². The standard InChI is InChI=1S/C29H33NO2S2/c1-4-33-13-6-12-31-22-15-19(2)29(20(3)16-22)25-8-5-7-24-23(25)9-10-26(24)32-28-17-27-21(18-30-28)11-14-34-27/h5,7-8,15-18,26H,4,6,9-14H2,1-3H3. The number of aryl methyl sites for hydroxylation is 3. The minimum Gasteiger partial charge on any atom is -0.494 e. The largest absolute Gasteiger partial charge is 0.494 e. The van der Waals surface area contributed by atoms with Crippen LogP contribution >= 0.6 is 23.5 Å². The van der Waals surface area contributed by atoms with Crippen molar-refractivity contribution in [3.05, 3.63) is 70.4 Å². The third-order valence-corrected chi connectivity index (χ3v) is 8.79. The molecule has 2 heterocycles. The Balaban J connectivity index is 1.35. The minimum atomic E-state index is 0.0658. The Kier molecular flexibility index (Phi) is 7.40. The highest BCUT2D eigenvalue weighted by Crippen LogP contribution is 2.43. The van der Waals surface area contributed by atoms with Crippen LogP contribution in [0.15, 0.2) is 47.5 Å². The van der Waals surface area contributed by atoms with Crippen molar-refractivity contribution in [1.82, 2.24) is 4.98 Å². The quantitative estimate of drug-likeness (QED) is 0.288. The van der Waals surface area contributed by atoms with Crippen LogP contribution < -0.4 is 9.47 Å². The van der Waals surface area contributed by atoms with Crippen LogP contribution in [0, 0.1) is 13.8 Å². The van der Waals surface area contributed by atoms with Gasteiger partial charge in [-0.2, -0.15) is 11.8 Å². The predicted octanol–water partition coefficient (Wildman–Crippen LogP) is 7.60. The molecule has 2 aliphatic rings. The molecule has 3 nitrogen and oxygen atoms in total. The van der Waals surface area contributed by atoms with E-state index in [4.69, 9.17) is 9.47 Å². The Labute approximate surface area is 212 Å². The van der Waals surface area contributed by atoms with Crippen LogP contribution in [0.5, 0.6) is 11.6 Å². The van der Waals surface area contributed by atoms with Gasteiger partial charge < -0.3 is 9.47 Å². The summed E-state index contributed by atoms with van der Waals surface area (Å²) in [6.45, 7) is 7.39. The summed E-state index contributed by atoms with van der Waals surface area (Å²) < 4.78 is 12.5. The lowest BCUT2D eigenvalue weighted by atomic mass is 9.90. The van der Waals surface area contributed by atoms with Crippen LogP contribution in [0.1, 0.15) is 53.7 Å². The van der Waals surface area contributed by atoms with Gasteiger partial charge in [0.15, 0.2) is 0 Å². The molecule has 0 amide bonds. The van der Waals surface area contributed by atoms with Crippen LogP contribution in [0.2, 0.25) is 0 Å². The van der Waals surface area contributed by atoms with Crippen molar-refractivity contribution in [1.29, 1.82) is 0 Å². The fourth-order valence-corrected chi connectivity index (χ4v) is 6.83. The van der Waals surface area contributed by atoms with E-state index in [1.807, 2.05) is 29.7 Å². The number of pyridine rings is 1. The minimum absolute atomic E-state index is 0.0658. The highest BCUT2D eigenvalue weighted by Gasteiger charge is 2.28. The molecule has 2 aromatic carbocycles. The van der Waals surface area contributed by atoms with Gasteiger partial charge in [0.05, 0.1) is 6.61 Å². The molecule has 0 bridgehead atoms. The van der Waals surface area contributed by atoms with Gasteiger partial charge in [-0.25, -0.2) is 4.98 Å². The second-order valence-corrected chi connectivity index (χ2v) is 11.6. The molecule has 5 heteroatoms. The Morgan fingerprint density at radius 2 is 1.97 bits per heavy atom. The second kappa shape index (κ2) is 10.7. The molecule has 178 valence electrons. The summed E-state index contributed by atoms with van der Waals surface area (Å²) in [6, 6.07) is 13.2. The Hall–Kier alpha value is -2.11. The van der Waals surface area contributed by atoms with Gasteiger partial charge in [0.25, 0.3) is 0 Å². The molecule has 0 spiro atoms. The molecule has 1 atom stereocenters. The number of rotatable bonds is 9. The fourth-order valence-electron chi connectivity index (χ4n) is 5.15. The highest BCUT2D eigenvalue weighted by atomic mass is 32.2. The van der Waals surface area contributed by atoms with Gasteiger partial charge in [-0.1, -0.05) is 25.1 Å². The molecular weight excluding hydrogens is 458 g/mol. The van der Waals surface area contributed by atoms with Gasteiger partial charge >= 0.3 is 0 Å². The lowest BCUT2D eigenvalue weighted by molar-refractivity contribution is 0.198. The number of aromatic nitrogens is 1. The van der Waals surface area contributed by atoms with Crippen LogP contribution in [-0.2, 0) is 12.8 Å². The smallest absolute Gasteiger partial charge is 0.214 e. The van der Waals surface area contributed by atoms with Gasteiger partial charge in [-0.3, -0.25) is 0 Å². The normalized spacial score (nSPS) is 16.4. The van der Waals surface area contributed by atoms with E-state index in [2.05, 4.69) is 62.2 Å². The molecule has 5 rings (SSSR count). The Bertz CT molecular complexity index is 1150. The molecule has 1 aliphatic heterocycles. The third kappa shape index (κ3) is 4.96. The van der Waals surface area contributed by atoms with E-state index < -0.39 is 0 Å². The molecule has 0 radical (unpaired) electrons. The monoisotopic (exact) mass is 491 g/mol. The first-order valence-corrected chi connectivity index (χ1v) is 14.5. The van der Waals surface area contributed by atoms with Crippen molar-refractivity contribution in [2.75, 3.05) is 23.9 Å². The first-order chi connectivity index (χ1) is 16.6. The van der Waals surface area contributed by atoms with Crippen molar-refractivity contribution in [2.45, 2.75) is 57.5 Å². The van der Waals surface area contributed by atoms with Crippen LogP contribution in [-0.4, -0.2) is 28.8 Å². The third-order valence-electron chi connectivity index (χ3n) is 6.71. The summed E-state index contributed by atoms with van der Waals surface area (Å²) in [6.07, 6.45) is 6.29. The van der Waals surface area contributed by atoms with Crippen LogP contribution in [0.3, 0.4) is 0 Å². The Morgan fingerprint density at radius 1 is 1.12 bits per heavy atom. The van der Waals surface area contributed by atoms with Crippen molar-refractivity contribution in [3.63, 3.8) is 0 Å². The molecule has 0 saturated carbocycles. The summed E-state index contributed by atoms with van der Waals surface area (Å²) >= 11 is 3.88. The van der Waals surface area contributed by atoms with Gasteiger partial charge in [0.1, 0.15) is 11.9 Å². The number of ether oxygens (including phenoxy) is 2. The molecule has 1 aromatic heterocycles. The molecule has 0 saturated heterocycles. The number of nitrogens with zero attached hydrogens (tertiary/aromatic N) is 1. The molecule has 0 fully saturated rings. The van der Waals surface area contributed by atoms with E-state index in [0.29, 0.717) is 0 Å². The number of hydrogen-bond donors (Lipinski definition) is 0. The topological polar surface area (TPSA) is 31.4 Å². The predicted molar refractivity (Wildman–Crippen MR) is 145 cm³/mol. The average molecular weight is 492 g/mol. The zero-order valence-electron chi connectivity index (χ0n) is 20.4. The highest BCUT2D eigenvalue weighted by molar-refractivity contribution is 7.99. The maximum absolute atomic E-state index is 6.42. The maximum Gasteiger partial charge on any atom is 0.214 e. The van der Waals surface area contributed by atoms with Crippen molar-refractivity contribution >= 4 is 23.5 Å². The Morgan fingerprint density at radius 3 is 2.79 bits per heavy atom. The van der Waals surface area contributed by atoms with E-state index in [9.17, 15) is 0 Å². The van der Waals surface area contributed by atoms with Crippen LogP contribution in [0.4, 0.5) is 0 Å². The van der Waals surface area contributed by atoms with Gasteiger partial charge in [0.2, 0.25) is 5.88 Å². The van der Waals surface area contributed by atoms with Crippen molar-refractivity contribution in [3.8, 4) is 22.8 Å². The van der Waals surface area contributed by atoms with E-state index in [-0.39, 0.29) is 6.10 Å². The SMILES string of the molecule is CCSCCCOc1cc(C)c(-c2cccc3c2CCC3Oc2cc3c(cn2)CCS3)c(C)c1. The van der Waals surface area contributed by atoms with Gasteiger partial charge in [-0.05, 0) is 102 Å². The second-order valence-electron chi connectivity index (χ2n) is 9.08. The van der Waals surface area contributed by atoms with Crippen molar-refractivity contribution in [2.24, 2.45) is 0 Å². The lowest BCUT2D eigenvalue weighted by Gasteiger charge is -2.18. The molecule has 1 aliphatic carbocycles. The molecular formula is C29H33NO2S2. The number of hydrogen-bond acceptors (Lipinski definition) is 5. The number of thioether (sulfide) groups is 2. The zero-order chi connectivity index (χ0) is 23.5. The van der Waals surface area contributed by atoms with E-state index in [0.717, 1.165) is 55.4 Å². The average Bonchev–Trinajstić information content (AvgIpc) is 3.46.